The topological polar surface area (TPSA) is 123 Å². The number of hydrogen-bond donors (Lipinski definition) is 3. The summed E-state index contributed by atoms with van der Waals surface area (Å²) in [6.07, 6.45) is 3.49. The lowest BCUT2D eigenvalue weighted by molar-refractivity contribution is -0.660. The zero-order chi connectivity index (χ0) is 19.7. The Hall–Kier alpha value is -3.04. The molecule has 0 aliphatic carbocycles. The maximum Gasteiger partial charge on any atom is 0.278 e. The van der Waals surface area contributed by atoms with E-state index in [0.29, 0.717) is 24.4 Å². The van der Waals surface area contributed by atoms with Crippen molar-refractivity contribution >= 4 is 28.4 Å². The fraction of sp³-hybridized carbons (Fsp3) is 0.368. The van der Waals surface area contributed by atoms with Crippen LogP contribution in [-0.4, -0.2) is 46.3 Å². The van der Waals surface area contributed by atoms with Crippen LogP contribution in [-0.2, 0) is 11.3 Å². The van der Waals surface area contributed by atoms with Crippen molar-refractivity contribution in [3.05, 3.63) is 46.4 Å². The van der Waals surface area contributed by atoms with Crippen LogP contribution in [0.25, 0.3) is 16.7 Å². The Kier molecular flexibility index (Phi) is 4.93. The summed E-state index contributed by atoms with van der Waals surface area (Å²) in [5.41, 5.74) is 6.89. The molecule has 0 unspecified atom stereocenters. The molecule has 4 rings (SSSR count). The van der Waals surface area contributed by atoms with Gasteiger partial charge in [-0.05, 0) is 31.0 Å². The first-order valence-corrected chi connectivity index (χ1v) is 9.24. The van der Waals surface area contributed by atoms with Crippen LogP contribution >= 0.6 is 0 Å². The van der Waals surface area contributed by atoms with E-state index in [4.69, 9.17) is 10.5 Å². The van der Waals surface area contributed by atoms with Gasteiger partial charge in [-0.3, -0.25) is 14.0 Å². The predicted octanol–water partition coefficient (Wildman–Crippen LogP) is -0.382. The molecule has 1 saturated heterocycles. The molecule has 3 aromatic heterocycles. The largest absolute Gasteiger partial charge is 0.393 e. The number of carbonyl (C=O) groups excluding carboxylic acids is 1. The van der Waals surface area contributed by atoms with E-state index in [9.17, 15) is 14.7 Å². The summed E-state index contributed by atoms with van der Waals surface area (Å²) in [6.45, 7) is 0.987. The first kappa shape index (κ1) is 18.3. The van der Waals surface area contributed by atoms with E-state index in [1.165, 1.54) is 15.0 Å². The van der Waals surface area contributed by atoms with E-state index in [0.717, 1.165) is 12.8 Å². The molecule has 0 aromatic carbocycles. The lowest BCUT2D eigenvalue weighted by atomic mass is 10.1. The van der Waals surface area contributed by atoms with Crippen molar-refractivity contribution in [2.45, 2.75) is 25.5 Å². The molecule has 146 valence electrons. The fourth-order valence-corrected chi connectivity index (χ4v) is 3.52. The molecule has 9 heteroatoms. The number of anilines is 1. The second kappa shape index (κ2) is 7.53. The minimum absolute atomic E-state index is 0.00793. The highest BCUT2D eigenvalue weighted by molar-refractivity contribution is 6.00. The second-order valence-electron chi connectivity index (χ2n) is 6.75. The number of amides is 1. The van der Waals surface area contributed by atoms with Crippen LogP contribution in [0, 0.1) is 0 Å². The maximum absolute atomic E-state index is 13.0. The molecule has 1 aliphatic rings. The van der Waals surface area contributed by atoms with E-state index >= 15 is 0 Å². The van der Waals surface area contributed by atoms with Gasteiger partial charge in [-0.2, -0.15) is 0 Å². The number of fused-ring (bicyclic) bond motifs is 2. The third-order valence-corrected chi connectivity index (χ3v) is 4.94. The SMILES string of the molecule is Nc1c(C(=O)NC[C@@H]2CCCO2)cc2c(=O)n3ccccc3nc2[n+]1CCO. The molecule has 0 saturated carbocycles. The van der Waals surface area contributed by atoms with Crippen molar-refractivity contribution in [2.24, 2.45) is 0 Å². The van der Waals surface area contributed by atoms with Gasteiger partial charge in [-0.1, -0.05) is 11.1 Å². The molecule has 0 radical (unpaired) electrons. The number of nitrogens with one attached hydrogen (secondary N) is 1. The van der Waals surface area contributed by atoms with Crippen molar-refractivity contribution in [3.8, 4) is 0 Å². The molecule has 0 spiro atoms. The van der Waals surface area contributed by atoms with E-state index in [-0.39, 0.29) is 47.5 Å². The number of aliphatic hydroxyl groups is 1. The number of aromatic nitrogens is 3. The Bertz CT molecular complexity index is 1100. The van der Waals surface area contributed by atoms with Crippen LogP contribution in [0.3, 0.4) is 0 Å². The van der Waals surface area contributed by atoms with Gasteiger partial charge in [-0.15, -0.1) is 0 Å². The molecule has 1 fully saturated rings. The van der Waals surface area contributed by atoms with Crippen LogP contribution in [0.5, 0.6) is 0 Å². The van der Waals surface area contributed by atoms with Gasteiger partial charge in [-0.25, -0.2) is 4.57 Å². The van der Waals surface area contributed by atoms with Gasteiger partial charge in [0.25, 0.3) is 17.1 Å². The molecule has 9 nitrogen and oxygen atoms in total. The summed E-state index contributed by atoms with van der Waals surface area (Å²) in [7, 11) is 0. The minimum Gasteiger partial charge on any atom is -0.393 e. The molecule has 1 atom stereocenters. The Morgan fingerprint density at radius 2 is 2.32 bits per heavy atom. The molecule has 3 aromatic rings. The third kappa shape index (κ3) is 3.19. The zero-order valence-electron chi connectivity index (χ0n) is 15.3. The molecular formula is C19H22N5O4+. The normalized spacial score (nSPS) is 16.7. The highest BCUT2D eigenvalue weighted by atomic mass is 16.5. The average molecular weight is 384 g/mol. The van der Waals surface area contributed by atoms with Crippen LogP contribution in [0.1, 0.15) is 23.2 Å². The smallest absolute Gasteiger partial charge is 0.278 e. The lowest BCUT2D eigenvalue weighted by Gasteiger charge is -2.13. The van der Waals surface area contributed by atoms with Crippen molar-refractivity contribution in [1.29, 1.82) is 0 Å². The number of carbonyl (C=O) groups is 1. The van der Waals surface area contributed by atoms with E-state index < -0.39 is 0 Å². The van der Waals surface area contributed by atoms with Gasteiger partial charge in [0.15, 0.2) is 0 Å². The Labute approximate surface area is 160 Å². The molecule has 1 amide bonds. The number of ether oxygens (including phenoxy) is 1. The summed E-state index contributed by atoms with van der Waals surface area (Å²) >= 11 is 0. The number of aliphatic hydroxyl groups excluding tert-OH is 1. The number of nitrogen functional groups attached to an aromatic ring is 1. The zero-order valence-corrected chi connectivity index (χ0v) is 15.3. The van der Waals surface area contributed by atoms with Gasteiger partial charge in [0.05, 0.1) is 19.3 Å². The summed E-state index contributed by atoms with van der Waals surface area (Å²) in [5, 5.41) is 12.5. The highest BCUT2D eigenvalue weighted by Crippen LogP contribution is 2.15. The highest BCUT2D eigenvalue weighted by Gasteiger charge is 2.25. The Balaban J connectivity index is 1.83. The summed E-state index contributed by atoms with van der Waals surface area (Å²) in [5.74, 6) is -0.238. The average Bonchev–Trinajstić information content (AvgIpc) is 3.22. The van der Waals surface area contributed by atoms with Gasteiger partial charge in [0.1, 0.15) is 10.9 Å². The van der Waals surface area contributed by atoms with Crippen molar-refractivity contribution in [1.82, 2.24) is 14.7 Å². The number of nitrogens with two attached hydrogens (primary N) is 1. The Morgan fingerprint density at radius 3 is 3.07 bits per heavy atom. The van der Waals surface area contributed by atoms with Gasteiger partial charge >= 0.3 is 0 Å². The molecule has 4 heterocycles. The summed E-state index contributed by atoms with van der Waals surface area (Å²) in [4.78, 5) is 30.2. The van der Waals surface area contributed by atoms with E-state index in [2.05, 4.69) is 10.3 Å². The van der Waals surface area contributed by atoms with Crippen LogP contribution in [0.15, 0.2) is 35.3 Å². The first-order valence-electron chi connectivity index (χ1n) is 9.24. The predicted molar refractivity (Wildman–Crippen MR) is 102 cm³/mol. The molecule has 1 aliphatic heterocycles. The van der Waals surface area contributed by atoms with Crippen molar-refractivity contribution in [3.63, 3.8) is 0 Å². The standard InChI is InChI=1S/C19H21N5O4/c20-16-13(18(26)21-11-12-4-3-9-28-12)10-14-17(24(16)7-8-25)22-15-5-1-2-6-23(15)19(14)27/h1-2,5-6,10,12,20,25H,3-4,7-9,11H2,(H,21,26)/p+1/t12-/m0/s1. The van der Waals surface area contributed by atoms with E-state index in [1.807, 2.05) is 0 Å². The number of rotatable bonds is 5. The monoisotopic (exact) mass is 384 g/mol. The summed E-state index contributed by atoms with van der Waals surface area (Å²) in [6, 6.07) is 6.69. The number of nitrogens with zero attached hydrogens (tertiary/aromatic N) is 3. The lowest BCUT2D eigenvalue weighted by Crippen LogP contribution is -2.44. The van der Waals surface area contributed by atoms with Crippen LogP contribution in [0.2, 0.25) is 0 Å². The van der Waals surface area contributed by atoms with Crippen LogP contribution < -0.4 is 21.2 Å². The van der Waals surface area contributed by atoms with Crippen molar-refractivity contribution in [2.75, 3.05) is 25.5 Å². The molecular weight excluding hydrogens is 362 g/mol. The van der Waals surface area contributed by atoms with E-state index in [1.54, 1.807) is 24.4 Å². The molecule has 28 heavy (non-hydrogen) atoms. The first-order chi connectivity index (χ1) is 13.6. The molecule has 4 N–H and O–H groups in total. The minimum atomic E-state index is -0.390. The number of pyridine rings is 2. The van der Waals surface area contributed by atoms with Crippen molar-refractivity contribution < 1.29 is 19.2 Å². The molecule has 0 bridgehead atoms. The maximum atomic E-state index is 13.0. The number of hydrogen-bond acceptors (Lipinski definition) is 6. The Morgan fingerprint density at radius 1 is 1.46 bits per heavy atom. The van der Waals surface area contributed by atoms with Gasteiger partial charge in [0.2, 0.25) is 11.5 Å². The fourth-order valence-electron chi connectivity index (χ4n) is 3.52. The van der Waals surface area contributed by atoms with Gasteiger partial charge in [0, 0.05) is 19.3 Å². The third-order valence-electron chi connectivity index (χ3n) is 4.94. The quantitative estimate of drug-likeness (QED) is 0.407. The summed E-state index contributed by atoms with van der Waals surface area (Å²) < 4.78 is 8.44. The van der Waals surface area contributed by atoms with Crippen LogP contribution in [0.4, 0.5) is 5.82 Å². The second-order valence-corrected chi connectivity index (χ2v) is 6.75. The van der Waals surface area contributed by atoms with Gasteiger partial charge < -0.3 is 20.9 Å².